The first kappa shape index (κ1) is 23.6. The van der Waals surface area contributed by atoms with Gasteiger partial charge in [-0.2, -0.15) is 9.41 Å². The second-order valence-corrected chi connectivity index (χ2v) is 10.6. The molecule has 0 atom stereocenters. The molecule has 1 amide bonds. The molecule has 1 heterocycles. The monoisotopic (exact) mass is 506 g/mol. The van der Waals surface area contributed by atoms with E-state index in [2.05, 4.69) is 52.4 Å². The molecular weight excluding hydrogens is 480 g/mol. The highest BCUT2D eigenvalue weighted by atomic mass is 79.9. The quantitative estimate of drug-likeness (QED) is 0.462. The number of hydrazone groups is 1. The van der Waals surface area contributed by atoms with Gasteiger partial charge in [0, 0.05) is 30.7 Å². The summed E-state index contributed by atoms with van der Waals surface area (Å²) in [7, 11) is -3.52. The Balaban J connectivity index is 1.46. The lowest BCUT2D eigenvalue weighted by Crippen LogP contribution is -2.50. The fraction of sp³-hybridized carbons (Fsp3) is 0.364. The van der Waals surface area contributed by atoms with Crippen molar-refractivity contribution in [1.29, 1.82) is 0 Å². The molecule has 0 bridgehead atoms. The number of benzene rings is 2. The Morgan fingerprint density at radius 3 is 2.26 bits per heavy atom. The van der Waals surface area contributed by atoms with Gasteiger partial charge < -0.3 is 0 Å². The van der Waals surface area contributed by atoms with Gasteiger partial charge >= 0.3 is 0 Å². The summed E-state index contributed by atoms with van der Waals surface area (Å²) in [5.74, 6) is 0.246. The molecule has 0 spiro atoms. The summed E-state index contributed by atoms with van der Waals surface area (Å²) in [6.45, 7) is 6.12. The van der Waals surface area contributed by atoms with Crippen molar-refractivity contribution >= 4 is 38.1 Å². The van der Waals surface area contributed by atoms with E-state index in [1.54, 1.807) is 30.5 Å². The Labute approximate surface area is 192 Å². The summed E-state index contributed by atoms with van der Waals surface area (Å²) in [6, 6.07) is 14.7. The van der Waals surface area contributed by atoms with Crippen LogP contribution in [0.25, 0.3) is 0 Å². The molecule has 1 aliphatic rings. The van der Waals surface area contributed by atoms with E-state index in [0.717, 1.165) is 10.0 Å². The van der Waals surface area contributed by atoms with E-state index in [4.69, 9.17) is 0 Å². The highest BCUT2D eigenvalue weighted by Crippen LogP contribution is 2.20. The maximum absolute atomic E-state index is 12.8. The van der Waals surface area contributed by atoms with Gasteiger partial charge in [0.25, 0.3) is 5.91 Å². The highest BCUT2D eigenvalue weighted by Gasteiger charge is 2.28. The van der Waals surface area contributed by atoms with Crippen LogP contribution < -0.4 is 5.43 Å². The molecule has 0 unspecified atom stereocenters. The minimum Gasteiger partial charge on any atom is -0.292 e. The highest BCUT2D eigenvalue weighted by molar-refractivity contribution is 9.10. The second kappa shape index (κ2) is 10.5. The molecule has 0 aromatic heterocycles. The van der Waals surface area contributed by atoms with E-state index in [-0.39, 0.29) is 17.3 Å². The number of carbonyl (C=O) groups excluding carboxylic acids is 1. The third kappa shape index (κ3) is 6.46. The first-order chi connectivity index (χ1) is 14.8. The minimum atomic E-state index is -3.52. The maximum atomic E-state index is 12.8. The molecule has 1 saturated heterocycles. The molecule has 0 radical (unpaired) electrons. The molecular formula is C22H27BrN4O3S. The summed E-state index contributed by atoms with van der Waals surface area (Å²) in [5.41, 5.74) is 4.71. The summed E-state index contributed by atoms with van der Waals surface area (Å²) in [4.78, 5) is 14.4. The van der Waals surface area contributed by atoms with E-state index in [1.165, 1.54) is 9.87 Å². The molecule has 0 aliphatic carbocycles. The van der Waals surface area contributed by atoms with Gasteiger partial charge in [0.1, 0.15) is 0 Å². The number of carbonyl (C=O) groups is 1. The topological polar surface area (TPSA) is 82.1 Å². The third-order valence-corrected chi connectivity index (χ3v) is 7.60. The van der Waals surface area contributed by atoms with Crippen LogP contribution in [-0.4, -0.2) is 62.5 Å². The zero-order chi connectivity index (χ0) is 22.4. The van der Waals surface area contributed by atoms with Crippen LogP contribution in [0.5, 0.6) is 0 Å². The molecule has 2 aromatic rings. The molecule has 2 aromatic carbocycles. The predicted molar refractivity (Wildman–Crippen MR) is 126 cm³/mol. The van der Waals surface area contributed by atoms with Crippen molar-refractivity contribution in [3.63, 3.8) is 0 Å². The second-order valence-electron chi connectivity index (χ2n) is 7.75. The lowest BCUT2D eigenvalue weighted by molar-refractivity contribution is -0.122. The number of sulfonamides is 1. The van der Waals surface area contributed by atoms with Gasteiger partial charge in [0.15, 0.2) is 0 Å². The molecule has 31 heavy (non-hydrogen) atoms. The normalized spacial score (nSPS) is 16.1. The van der Waals surface area contributed by atoms with Gasteiger partial charge in [-0.25, -0.2) is 13.8 Å². The molecule has 166 valence electrons. The zero-order valence-electron chi connectivity index (χ0n) is 17.7. The molecule has 3 rings (SSSR count). The summed E-state index contributed by atoms with van der Waals surface area (Å²) in [6.07, 6.45) is 1.62. The fourth-order valence-corrected chi connectivity index (χ4v) is 4.95. The third-order valence-electron chi connectivity index (χ3n) is 5.16. The molecule has 1 fully saturated rings. The van der Waals surface area contributed by atoms with Gasteiger partial charge in [0.2, 0.25) is 10.0 Å². The van der Waals surface area contributed by atoms with Crippen LogP contribution in [-0.2, 0) is 14.8 Å². The standard InChI is InChI=1S/C22H27BrN4O3S/c1-17(2)19-5-3-18(4-6-19)15-24-25-22(28)16-26-11-13-27(14-12-26)31(29,30)21-9-7-20(23)8-10-21/h3-10,15,17H,11-14,16H2,1-2H3,(H,25,28)/b24-15-. The van der Waals surface area contributed by atoms with Crippen LogP contribution in [0.2, 0.25) is 0 Å². The van der Waals surface area contributed by atoms with Crippen molar-refractivity contribution in [2.45, 2.75) is 24.7 Å². The smallest absolute Gasteiger partial charge is 0.254 e. The predicted octanol–water partition coefficient (Wildman–Crippen LogP) is 3.03. The van der Waals surface area contributed by atoms with Crippen molar-refractivity contribution in [1.82, 2.24) is 14.6 Å². The first-order valence-corrected chi connectivity index (χ1v) is 12.4. The van der Waals surface area contributed by atoms with Gasteiger partial charge in [-0.1, -0.05) is 54.0 Å². The zero-order valence-corrected chi connectivity index (χ0v) is 20.1. The Morgan fingerprint density at radius 1 is 1.06 bits per heavy atom. The Kier molecular flexibility index (Phi) is 7.99. The van der Waals surface area contributed by atoms with Gasteiger partial charge in [-0.3, -0.25) is 9.69 Å². The number of hydrogen-bond acceptors (Lipinski definition) is 5. The Morgan fingerprint density at radius 2 is 1.68 bits per heavy atom. The number of amides is 1. The largest absolute Gasteiger partial charge is 0.292 e. The molecule has 9 heteroatoms. The number of halogens is 1. The van der Waals surface area contributed by atoms with Crippen LogP contribution >= 0.6 is 15.9 Å². The average molecular weight is 507 g/mol. The van der Waals surface area contributed by atoms with E-state index in [1.807, 2.05) is 17.0 Å². The molecule has 1 N–H and O–H groups in total. The van der Waals surface area contributed by atoms with Crippen molar-refractivity contribution in [2.24, 2.45) is 5.10 Å². The molecule has 1 aliphatic heterocycles. The number of rotatable bonds is 7. The lowest BCUT2D eigenvalue weighted by Gasteiger charge is -2.33. The van der Waals surface area contributed by atoms with Crippen LogP contribution in [0, 0.1) is 0 Å². The number of nitrogens with zero attached hydrogens (tertiary/aromatic N) is 3. The first-order valence-electron chi connectivity index (χ1n) is 10.2. The van der Waals surface area contributed by atoms with Crippen molar-refractivity contribution in [2.75, 3.05) is 32.7 Å². The number of nitrogens with one attached hydrogen (secondary N) is 1. The van der Waals surface area contributed by atoms with Crippen LogP contribution in [0.4, 0.5) is 0 Å². The van der Waals surface area contributed by atoms with Crippen molar-refractivity contribution in [3.05, 3.63) is 64.1 Å². The summed E-state index contributed by atoms with van der Waals surface area (Å²) in [5, 5.41) is 4.02. The molecule has 7 nitrogen and oxygen atoms in total. The van der Waals surface area contributed by atoms with Crippen LogP contribution in [0.3, 0.4) is 0 Å². The Hall–Kier alpha value is -2.07. The van der Waals surface area contributed by atoms with E-state index in [0.29, 0.717) is 32.1 Å². The fourth-order valence-electron chi connectivity index (χ4n) is 3.27. The SMILES string of the molecule is CC(C)c1ccc(/C=N\NC(=O)CN2CCN(S(=O)(=O)c3ccc(Br)cc3)CC2)cc1. The Bertz CT molecular complexity index is 1010. The van der Waals surface area contributed by atoms with E-state index >= 15 is 0 Å². The van der Waals surface area contributed by atoms with Gasteiger partial charge in [-0.15, -0.1) is 0 Å². The van der Waals surface area contributed by atoms with Gasteiger partial charge in [0.05, 0.1) is 17.7 Å². The van der Waals surface area contributed by atoms with E-state index in [9.17, 15) is 13.2 Å². The number of hydrogen-bond donors (Lipinski definition) is 1. The number of piperazine rings is 1. The maximum Gasteiger partial charge on any atom is 0.254 e. The van der Waals surface area contributed by atoms with Gasteiger partial charge in [-0.05, 0) is 41.3 Å². The van der Waals surface area contributed by atoms with Crippen LogP contribution in [0.1, 0.15) is 30.9 Å². The minimum absolute atomic E-state index is 0.176. The summed E-state index contributed by atoms with van der Waals surface area (Å²) >= 11 is 3.32. The molecule has 0 saturated carbocycles. The average Bonchev–Trinajstić information content (AvgIpc) is 2.75. The summed E-state index contributed by atoms with van der Waals surface area (Å²) < 4.78 is 27.8. The van der Waals surface area contributed by atoms with Crippen molar-refractivity contribution < 1.29 is 13.2 Å². The van der Waals surface area contributed by atoms with E-state index < -0.39 is 10.0 Å². The van der Waals surface area contributed by atoms with Crippen LogP contribution in [0.15, 0.2) is 63.0 Å². The van der Waals surface area contributed by atoms with Crippen molar-refractivity contribution in [3.8, 4) is 0 Å². The lowest BCUT2D eigenvalue weighted by atomic mass is 10.0.